The first-order chi connectivity index (χ1) is 6.94. The van der Waals surface area contributed by atoms with E-state index < -0.39 is 17.6 Å². The molecule has 15 heavy (non-hydrogen) atoms. The molecule has 0 aliphatic carbocycles. The largest absolute Gasteiger partial charge is 0.573 e. The van der Waals surface area contributed by atoms with E-state index in [2.05, 4.69) is 4.74 Å². The van der Waals surface area contributed by atoms with Gasteiger partial charge in [0.1, 0.15) is 11.3 Å². The van der Waals surface area contributed by atoms with Crippen LogP contribution in [0.15, 0.2) is 24.3 Å². The van der Waals surface area contributed by atoms with Crippen molar-refractivity contribution in [1.82, 2.24) is 5.48 Å². The van der Waals surface area contributed by atoms with Crippen LogP contribution >= 0.6 is 11.6 Å². The smallest absolute Gasteiger partial charge is 0.405 e. The van der Waals surface area contributed by atoms with E-state index in [9.17, 15) is 13.2 Å². The summed E-state index contributed by atoms with van der Waals surface area (Å²) in [5.74, 6) is -0.452. The number of hydroxylamine groups is 1. The van der Waals surface area contributed by atoms with Crippen LogP contribution in [0, 0.1) is 0 Å². The quantitative estimate of drug-likeness (QED) is 0.486. The van der Waals surface area contributed by atoms with Gasteiger partial charge in [-0.1, -0.05) is 29.8 Å². The molecular weight excluding hydrogens is 235 g/mol. The number of nitrogens with one attached hydrogen (secondary N) is 1. The third-order valence-electron chi connectivity index (χ3n) is 1.53. The Morgan fingerprint density at radius 1 is 1.33 bits per heavy atom. The maximum atomic E-state index is 11.9. The highest BCUT2D eigenvalue weighted by atomic mass is 35.5. The minimum absolute atomic E-state index is 0.000934. The Bertz CT molecular complexity index is 332. The van der Waals surface area contributed by atoms with Gasteiger partial charge in [0.25, 0.3) is 0 Å². The lowest BCUT2D eigenvalue weighted by molar-refractivity contribution is -0.275. The molecule has 0 spiro atoms. The van der Waals surface area contributed by atoms with Crippen LogP contribution in [-0.2, 0) is 0 Å². The number of halogens is 4. The summed E-state index contributed by atoms with van der Waals surface area (Å²) >= 11 is 5.52. The number of ether oxygens (including phenoxy) is 1. The molecule has 1 atom stereocenters. The molecule has 1 aromatic rings. The van der Waals surface area contributed by atoms with Crippen LogP contribution < -0.4 is 10.2 Å². The van der Waals surface area contributed by atoms with E-state index in [4.69, 9.17) is 16.8 Å². The molecule has 0 saturated heterocycles. The Balaban J connectivity index is 2.96. The molecule has 0 heterocycles. The molecule has 0 aliphatic rings. The summed E-state index contributed by atoms with van der Waals surface area (Å²) in [5, 5.41) is 8.49. The van der Waals surface area contributed by atoms with Crippen LogP contribution in [-0.4, -0.2) is 11.6 Å². The Hall–Kier alpha value is -0.980. The second kappa shape index (κ2) is 4.69. The molecule has 1 aromatic carbocycles. The van der Waals surface area contributed by atoms with E-state index in [0.29, 0.717) is 0 Å². The van der Waals surface area contributed by atoms with Crippen molar-refractivity contribution >= 4 is 11.6 Å². The van der Waals surface area contributed by atoms with Gasteiger partial charge in [0.15, 0.2) is 0 Å². The topological polar surface area (TPSA) is 41.5 Å². The molecule has 0 aromatic heterocycles. The van der Waals surface area contributed by atoms with E-state index in [-0.39, 0.29) is 5.56 Å². The van der Waals surface area contributed by atoms with Crippen molar-refractivity contribution in [3.8, 4) is 5.75 Å². The Morgan fingerprint density at radius 3 is 2.47 bits per heavy atom. The van der Waals surface area contributed by atoms with E-state index in [0.717, 1.165) is 6.07 Å². The number of alkyl halides is 4. The first-order valence-electron chi connectivity index (χ1n) is 3.82. The van der Waals surface area contributed by atoms with Crippen LogP contribution in [0.2, 0.25) is 0 Å². The average molecular weight is 242 g/mol. The number of para-hydroxylation sites is 1. The molecular formula is C8H7ClF3NO2. The SMILES string of the molecule is ONC(Cl)c1ccccc1OC(F)(F)F. The summed E-state index contributed by atoms with van der Waals surface area (Å²) in [4.78, 5) is 0. The standard InChI is InChI=1S/C8H7ClF3NO2/c9-7(13-14)5-3-1-2-4-6(5)15-8(10,11)12/h1-4,7,13-14H. The molecule has 0 amide bonds. The van der Waals surface area contributed by atoms with Crippen molar-refractivity contribution in [3.63, 3.8) is 0 Å². The van der Waals surface area contributed by atoms with Crippen LogP contribution in [0.5, 0.6) is 5.75 Å². The van der Waals surface area contributed by atoms with Crippen molar-refractivity contribution in [3.05, 3.63) is 29.8 Å². The fourth-order valence-corrected chi connectivity index (χ4v) is 1.16. The summed E-state index contributed by atoms with van der Waals surface area (Å²) < 4.78 is 39.5. The third-order valence-corrected chi connectivity index (χ3v) is 1.86. The predicted molar refractivity (Wildman–Crippen MR) is 46.6 cm³/mol. The molecule has 1 unspecified atom stereocenters. The molecule has 1 rings (SSSR count). The van der Waals surface area contributed by atoms with Gasteiger partial charge >= 0.3 is 6.36 Å². The molecule has 0 radical (unpaired) electrons. The minimum Gasteiger partial charge on any atom is -0.405 e. The van der Waals surface area contributed by atoms with Gasteiger partial charge in [-0.15, -0.1) is 13.2 Å². The van der Waals surface area contributed by atoms with Crippen molar-refractivity contribution in [2.24, 2.45) is 0 Å². The first kappa shape index (κ1) is 12.1. The van der Waals surface area contributed by atoms with Gasteiger partial charge in [-0.05, 0) is 6.07 Å². The Kier molecular flexibility index (Phi) is 3.78. The Morgan fingerprint density at radius 2 is 1.93 bits per heavy atom. The molecule has 3 nitrogen and oxygen atoms in total. The fraction of sp³-hybridized carbons (Fsp3) is 0.250. The molecule has 0 aliphatic heterocycles. The highest BCUT2D eigenvalue weighted by Gasteiger charge is 2.32. The second-order valence-electron chi connectivity index (χ2n) is 2.58. The van der Waals surface area contributed by atoms with Crippen molar-refractivity contribution in [1.29, 1.82) is 0 Å². The van der Waals surface area contributed by atoms with Gasteiger partial charge < -0.3 is 9.94 Å². The fourth-order valence-electron chi connectivity index (χ4n) is 0.977. The van der Waals surface area contributed by atoms with Crippen LogP contribution in [0.25, 0.3) is 0 Å². The molecule has 0 fully saturated rings. The number of benzene rings is 1. The highest BCUT2D eigenvalue weighted by molar-refractivity contribution is 6.20. The lowest BCUT2D eigenvalue weighted by Gasteiger charge is -2.15. The van der Waals surface area contributed by atoms with Gasteiger partial charge in [-0.25, -0.2) is 0 Å². The van der Waals surface area contributed by atoms with Crippen molar-refractivity contribution in [2.75, 3.05) is 0 Å². The lowest BCUT2D eigenvalue weighted by atomic mass is 10.2. The number of hydrogen-bond acceptors (Lipinski definition) is 3. The van der Waals surface area contributed by atoms with E-state index in [1.165, 1.54) is 18.2 Å². The first-order valence-corrected chi connectivity index (χ1v) is 4.26. The summed E-state index contributed by atoms with van der Waals surface area (Å²) in [6.07, 6.45) is -4.79. The van der Waals surface area contributed by atoms with Crippen LogP contribution in [0.4, 0.5) is 13.2 Å². The monoisotopic (exact) mass is 241 g/mol. The van der Waals surface area contributed by atoms with E-state index >= 15 is 0 Å². The third kappa shape index (κ3) is 3.58. The van der Waals surface area contributed by atoms with Gasteiger partial charge in [0, 0.05) is 5.56 Å². The molecule has 0 bridgehead atoms. The highest BCUT2D eigenvalue weighted by Crippen LogP contribution is 2.31. The zero-order valence-electron chi connectivity index (χ0n) is 7.25. The van der Waals surface area contributed by atoms with Gasteiger partial charge in [0.05, 0.1) is 0 Å². The van der Waals surface area contributed by atoms with Gasteiger partial charge in [0.2, 0.25) is 0 Å². The summed E-state index contributed by atoms with van der Waals surface area (Å²) in [6.45, 7) is 0. The summed E-state index contributed by atoms with van der Waals surface area (Å²) in [7, 11) is 0. The molecule has 2 N–H and O–H groups in total. The number of rotatable bonds is 3. The molecule has 7 heteroatoms. The van der Waals surface area contributed by atoms with E-state index in [1.807, 2.05) is 0 Å². The zero-order valence-corrected chi connectivity index (χ0v) is 8.01. The van der Waals surface area contributed by atoms with Gasteiger partial charge in [-0.3, -0.25) is 0 Å². The van der Waals surface area contributed by atoms with Crippen molar-refractivity contribution in [2.45, 2.75) is 11.9 Å². The second-order valence-corrected chi connectivity index (χ2v) is 3.01. The summed E-state index contributed by atoms with van der Waals surface area (Å²) in [5.41, 5.74) is 0.461. The van der Waals surface area contributed by atoms with E-state index in [1.54, 1.807) is 5.48 Å². The molecule has 0 saturated carbocycles. The maximum Gasteiger partial charge on any atom is 0.573 e. The summed E-state index contributed by atoms with van der Waals surface area (Å²) in [6, 6.07) is 5.26. The maximum absolute atomic E-state index is 11.9. The molecule has 84 valence electrons. The van der Waals surface area contributed by atoms with Crippen molar-refractivity contribution < 1.29 is 23.1 Å². The number of hydrogen-bond donors (Lipinski definition) is 2. The predicted octanol–water partition coefficient (Wildman–Crippen LogP) is 2.80. The van der Waals surface area contributed by atoms with Crippen LogP contribution in [0.3, 0.4) is 0 Å². The average Bonchev–Trinajstić information content (AvgIpc) is 2.15. The van der Waals surface area contributed by atoms with Gasteiger partial charge in [-0.2, -0.15) is 5.48 Å². The zero-order chi connectivity index (χ0) is 11.5. The minimum atomic E-state index is -4.79. The normalized spacial score (nSPS) is 13.7. The lowest BCUT2D eigenvalue weighted by Crippen LogP contribution is -2.20. The Labute approximate surface area is 88.4 Å². The van der Waals surface area contributed by atoms with Crippen LogP contribution in [0.1, 0.15) is 11.1 Å².